The molecule has 0 fully saturated rings. The summed E-state index contributed by atoms with van der Waals surface area (Å²) in [6.07, 6.45) is 9.99. The Morgan fingerprint density at radius 3 is 1.45 bits per heavy atom. The van der Waals surface area contributed by atoms with Gasteiger partial charge in [0.1, 0.15) is 0 Å². The highest BCUT2D eigenvalue weighted by atomic mass is 32.1. The van der Waals surface area contributed by atoms with Crippen LogP contribution < -0.4 is 0 Å². The molecule has 2 heteroatoms. The summed E-state index contributed by atoms with van der Waals surface area (Å²) in [6.45, 7) is 8.59. The zero-order valence-corrected chi connectivity index (χ0v) is 10.2. The summed E-state index contributed by atoms with van der Waals surface area (Å²) in [5.41, 5.74) is 0. The smallest absolute Gasteiger partial charge is 0.0316 e. The Kier molecular flexibility index (Phi) is 5.75. The van der Waals surface area contributed by atoms with Gasteiger partial charge in [0.25, 0.3) is 0 Å². The average Bonchev–Trinajstić information content (AvgIpc) is 2.06. The van der Waals surface area contributed by atoms with Gasteiger partial charge in [0.05, 0.1) is 0 Å². The summed E-state index contributed by atoms with van der Waals surface area (Å²) in [5, 5.41) is 0. The van der Waals surface area contributed by atoms with Crippen LogP contribution in [0.5, 0.6) is 0 Å². The number of rotatable bonds is 5. The molecule has 0 saturated carbocycles. The van der Waals surface area contributed by atoms with E-state index >= 15 is 0 Å². The average molecular weight is 192 g/mol. The second-order valence-electron chi connectivity index (χ2n) is 2.87. The topological polar surface area (TPSA) is 0 Å². The predicted octanol–water partition coefficient (Wildman–Crippen LogP) is 3.91. The molecular formula is C9H22P2. The fraction of sp³-hybridized carbons (Fsp3) is 0.889. The third-order valence-corrected chi connectivity index (χ3v) is 14.5. The first-order chi connectivity index (χ1) is 5.14. The molecule has 0 aromatic carbocycles. The van der Waals surface area contributed by atoms with E-state index in [9.17, 15) is 0 Å². The Balaban J connectivity index is 4.32. The Hall–Kier alpha value is 0.730. The van der Waals surface area contributed by atoms with Crippen molar-refractivity contribution in [2.45, 2.75) is 27.7 Å². The van der Waals surface area contributed by atoms with E-state index in [1.165, 1.54) is 24.6 Å². The molecule has 0 saturated heterocycles. The number of hydrogen-bond acceptors (Lipinski definition) is 0. The van der Waals surface area contributed by atoms with Crippen molar-refractivity contribution in [2.24, 2.45) is 0 Å². The minimum atomic E-state index is -0.726. The Bertz CT molecular complexity index is 128. The van der Waals surface area contributed by atoms with Gasteiger partial charge in [0.15, 0.2) is 0 Å². The van der Waals surface area contributed by atoms with E-state index < -0.39 is 6.57 Å². The SMILES string of the molecule is C=P(CC)(CC)P(CC)CC. The van der Waals surface area contributed by atoms with Crippen LogP contribution >= 0.6 is 14.2 Å². The first-order valence-electron chi connectivity index (χ1n) is 4.61. The highest BCUT2D eigenvalue weighted by Crippen LogP contribution is 2.74. The fourth-order valence-electron chi connectivity index (χ4n) is 1.45. The van der Waals surface area contributed by atoms with Crippen LogP contribution in [0.2, 0.25) is 0 Å². The normalized spacial score (nSPS) is 12.5. The lowest BCUT2D eigenvalue weighted by Gasteiger charge is -2.30. The minimum absolute atomic E-state index is 0.298. The molecule has 0 aliphatic carbocycles. The molecule has 0 spiro atoms. The van der Waals surface area contributed by atoms with Crippen LogP contribution in [0, 0.1) is 0 Å². The van der Waals surface area contributed by atoms with Gasteiger partial charge in [0, 0.05) is 0 Å². The van der Waals surface area contributed by atoms with Crippen LogP contribution in [0.15, 0.2) is 0 Å². The third-order valence-electron chi connectivity index (χ3n) is 2.51. The van der Waals surface area contributed by atoms with Gasteiger partial charge in [-0.05, 0) is 24.6 Å². The van der Waals surface area contributed by atoms with Crippen LogP contribution in [0.4, 0.5) is 0 Å². The second-order valence-corrected chi connectivity index (χ2v) is 12.8. The van der Waals surface area contributed by atoms with Crippen LogP contribution in [0.1, 0.15) is 27.7 Å². The molecule has 0 aromatic heterocycles. The molecule has 0 heterocycles. The first kappa shape index (κ1) is 11.7. The second kappa shape index (κ2) is 5.39. The molecule has 0 aliphatic rings. The van der Waals surface area contributed by atoms with E-state index in [0.717, 1.165) is 0 Å². The molecule has 0 bridgehead atoms. The van der Waals surface area contributed by atoms with Gasteiger partial charge in [-0.15, -0.1) is 0 Å². The molecule has 0 unspecified atom stereocenters. The van der Waals surface area contributed by atoms with Crippen LogP contribution in [-0.2, 0) is 0 Å². The van der Waals surface area contributed by atoms with Crippen molar-refractivity contribution in [1.29, 1.82) is 0 Å². The molecule has 0 rings (SSSR count). The molecule has 0 amide bonds. The van der Waals surface area contributed by atoms with Crippen molar-refractivity contribution in [3.05, 3.63) is 0 Å². The van der Waals surface area contributed by atoms with Crippen molar-refractivity contribution in [2.75, 3.05) is 24.6 Å². The molecule has 0 atom stereocenters. The van der Waals surface area contributed by atoms with E-state index in [2.05, 4.69) is 34.0 Å². The summed E-state index contributed by atoms with van der Waals surface area (Å²) in [6, 6.07) is 0. The summed E-state index contributed by atoms with van der Waals surface area (Å²) in [7, 11) is 0.298. The molecule has 11 heavy (non-hydrogen) atoms. The molecule has 0 radical (unpaired) electrons. The Labute approximate surface area is 73.4 Å². The molecule has 0 aromatic rings. The van der Waals surface area contributed by atoms with E-state index in [4.69, 9.17) is 0 Å². The van der Waals surface area contributed by atoms with Gasteiger partial charge in [-0.3, -0.25) is 0 Å². The van der Waals surface area contributed by atoms with Crippen molar-refractivity contribution in [3.63, 3.8) is 0 Å². The summed E-state index contributed by atoms with van der Waals surface area (Å²) in [5.74, 6) is 0. The predicted molar refractivity (Wildman–Crippen MR) is 63.1 cm³/mol. The standard InChI is InChI=1S/C9H22P2/c1-6-10(7-2)11(5,8-3)9-4/h5-9H2,1-4H3. The van der Waals surface area contributed by atoms with Crippen molar-refractivity contribution >= 4 is 20.5 Å². The first-order valence-corrected chi connectivity index (χ1v) is 9.37. The van der Waals surface area contributed by atoms with Gasteiger partial charge < -0.3 is 0 Å². The van der Waals surface area contributed by atoms with E-state index in [1.807, 2.05) is 0 Å². The number of hydrogen-bond donors (Lipinski definition) is 0. The highest BCUT2D eigenvalue weighted by Gasteiger charge is 2.18. The summed E-state index contributed by atoms with van der Waals surface area (Å²) in [4.78, 5) is 0. The largest absolute Gasteiger partial charge is 0.0968 e. The maximum Gasteiger partial charge on any atom is -0.0316 e. The monoisotopic (exact) mass is 192 g/mol. The highest BCUT2D eigenvalue weighted by molar-refractivity contribution is 8.37. The minimum Gasteiger partial charge on any atom is -0.0968 e. The van der Waals surface area contributed by atoms with Gasteiger partial charge in [-0.25, -0.2) is 0 Å². The Morgan fingerprint density at radius 2 is 1.36 bits per heavy atom. The van der Waals surface area contributed by atoms with Crippen LogP contribution in [0.25, 0.3) is 0 Å². The van der Waals surface area contributed by atoms with E-state index in [1.54, 1.807) is 0 Å². The molecule has 0 aliphatic heterocycles. The zero-order chi connectivity index (χ0) is 8.91. The molecule has 0 N–H and O–H groups in total. The summed E-state index contributed by atoms with van der Waals surface area (Å²) < 4.78 is 0. The van der Waals surface area contributed by atoms with E-state index in [-0.39, 0.29) is 0 Å². The van der Waals surface area contributed by atoms with Crippen LogP contribution in [-0.4, -0.2) is 30.9 Å². The zero-order valence-electron chi connectivity index (χ0n) is 8.43. The van der Waals surface area contributed by atoms with Gasteiger partial charge >= 0.3 is 0 Å². The van der Waals surface area contributed by atoms with Gasteiger partial charge in [-0.2, -0.15) is 0 Å². The van der Waals surface area contributed by atoms with Crippen LogP contribution in [0.3, 0.4) is 0 Å². The van der Waals surface area contributed by atoms with Gasteiger partial charge in [0.2, 0.25) is 0 Å². The molecule has 0 nitrogen and oxygen atoms in total. The summed E-state index contributed by atoms with van der Waals surface area (Å²) >= 11 is 0. The van der Waals surface area contributed by atoms with Crippen molar-refractivity contribution in [1.82, 2.24) is 0 Å². The maximum atomic E-state index is 4.49. The van der Waals surface area contributed by atoms with Crippen molar-refractivity contribution in [3.8, 4) is 0 Å². The van der Waals surface area contributed by atoms with E-state index in [0.29, 0.717) is 7.61 Å². The third kappa shape index (κ3) is 2.92. The molecular weight excluding hydrogens is 170 g/mol. The van der Waals surface area contributed by atoms with Crippen molar-refractivity contribution < 1.29 is 0 Å². The quantitative estimate of drug-likeness (QED) is 0.579. The lowest BCUT2D eigenvalue weighted by Crippen LogP contribution is -1.92. The lowest BCUT2D eigenvalue weighted by atomic mass is 11.0. The maximum absolute atomic E-state index is 4.49. The Morgan fingerprint density at radius 1 is 1.00 bits per heavy atom. The van der Waals surface area contributed by atoms with Gasteiger partial charge in [-0.1, -0.05) is 48.2 Å². The fourth-order valence-corrected chi connectivity index (χ4v) is 10.3. The molecule has 68 valence electrons. The lowest BCUT2D eigenvalue weighted by molar-refractivity contribution is 1.40.